The van der Waals surface area contributed by atoms with Gasteiger partial charge in [0.15, 0.2) is 0 Å². The molecule has 1 heterocycles. The third-order valence-electron chi connectivity index (χ3n) is 3.98. The highest BCUT2D eigenvalue weighted by atomic mass is 16.2. The Hall–Kier alpha value is -1.14. The van der Waals surface area contributed by atoms with E-state index in [-0.39, 0.29) is 11.9 Å². The first-order valence-electron chi connectivity index (χ1n) is 7.17. The van der Waals surface area contributed by atoms with E-state index in [9.17, 15) is 9.59 Å². The lowest BCUT2D eigenvalue weighted by molar-refractivity contribution is -0.125. The number of hydrogen-bond acceptors (Lipinski definition) is 4. The summed E-state index contributed by atoms with van der Waals surface area (Å²) < 4.78 is 0. The van der Waals surface area contributed by atoms with Gasteiger partial charge in [0.05, 0.1) is 6.04 Å². The highest BCUT2D eigenvalue weighted by Gasteiger charge is 2.36. The number of primary amides is 1. The van der Waals surface area contributed by atoms with Crippen LogP contribution >= 0.6 is 0 Å². The summed E-state index contributed by atoms with van der Waals surface area (Å²) in [4.78, 5) is 24.9. The number of imide groups is 1. The van der Waals surface area contributed by atoms with Gasteiger partial charge in [-0.15, -0.1) is 0 Å². The van der Waals surface area contributed by atoms with Crippen LogP contribution in [0.2, 0.25) is 0 Å². The Labute approximate surface area is 114 Å². The summed E-state index contributed by atoms with van der Waals surface area (Å²) in [5.74, 6) is -0.296. The van der Waals surface area contributed by atoms with Gasteiger partial charge < -0.3 is 11.1 Å². The number of urea groups is 1. The number of nitrogens with one attached hydrogen (secondary N) is 2. The number of amides is 3. The Morgan fingerprint density at radius 2 is 2.11 bits per heavy atom. The Kier molecular flexibility index (Phi) is 4.76. The molecule has 108 valence electrons. The zero-order valence-electron chi connectivity index (χ0n) is 11.5. The molecule has 1 saturated carbocycles. The largest absolute Gasteiger partial charge is 0.351 e. The molecular formula is C13H24N4O2. The van der Waals surface area contributed by atoms with Crippen molar-refractivity contribution >= 4 is 11.9 Å². The van der Waals surface area contributed by atoms with Crippen LogP contribution in [-0.4, -0.2) is 48.1 Å². The van der Waals surface area contributed by atoms with Crippen LogP contribution in [0.15, 0.2) is 0 Å². The second-order valence-corrected chi connectivity index (χ2v) is 5.60. The molecule has 0 aromatic carbocycles. The zero-order chi connectivity index (χ0) is 13.8. The number of nitrogens with two attached hydrogens (primary N) is 1. The van der Waals surface area contributed by atoms with Crippen LogP contribution in [-0.2, 0) is 4.79 Å². The van der Waals surface area contributed by atoms with Gasteiger partial charge >= 0.3 is 6.03 Å². The van der Waals surface area contributed by atoms with E-state index in [1.165, 1.54) is 12.8 Å². The van der Waals surface area contributed by atoms with Gasteiger partial charge in [-0.2, -0.15) is 0 Å². The zero-order valence-corrected chi connectivity index (χ0v) is 11.5. The molecule has 1 aliphatic carbocycles. The van der Waals surface area contributed by atoms with E-state index in [0.717, 1.165) is 32.4 Å². The molecule has 2 atom stereocenters. The van der Waals surface area contributed by atoms with E-state index in [0.29, 0.717) is 12.1 Å². The van der Waals surface area contributed by atoms with Gasteiger partial charge in [0.1, 0.15) is 0 Å². The van der Waals surface area contributed by atoms with Crippen molar-refractivity contribution in [2.24, 2.45) is 5.73 Å². The standard InChI is InChI=1S/C13H24N4O2/c1-9(12(18)16-13(14)19)17(11-5-6-11)8-10-4-2-3-7-15-10/h9-11,15H,2-8H2,1H3,(H3,14,16,18,19). The van der Waals surface area contributed by atoms with Gasteiger partial charge in [-0.05, 0) is 39.2 Å². The maximum atomic E-state index is 11.9. The highest BCUT2D eigenvalue weighted by Crippen LogP contribution is 2.29. The summed E-state index contributed by atoms with van der Waals surface area (Å²) in [6.45, 7) is 3.78. The maximum absolute atomic E-state index is 11.9. The molecule has 0 bridgehead atoms. The Morgan fingerprint density at radius 1 is 1.37 bits per heavy atom. The number of hydrogen-bond donors (Lipinski definition) is 3. The molecule has 0 aromatic heterocycles. The van der Waals surface area contributed by atoms with Gasteiger partial charge in [-0.3, -0.25) is 15.0 Å². The minimum absolute atomic E-state index is 0.296. The van der Waals surface area contributed by atoms with Crippen LogP contribution in [0.1, 0.15) is 39.0 Å². The lowest BCUT2D eigenvalue weighted by Gasteiger charge is -2.33. The molecule has 2 aliphatic rings. The van der Waals surface area contributed by atoms with Gasteiger partial charge in [0.25, 0.3) is 0 Å². The predicted molar refractivity (Wildman–Crippen MR) is 72.6 cm³/mol. The van der Waals surface area contributed by atoms with Crippen molar-refractivity contribution in [3.8, 4) is 0 Å². The van der Waals surface area contributed by atoms with Gasteiger partial charge in [0, 0.05) is 18.6 Å². The molecule has 3 amide bonds. The van der Waals surface area contributed by atoms with Crippen molar-refractivity contribution in [2.75, 3.05) is 13.1 Å². The summed E-state index contributed by atoms with van der Waals surface area (Å²) in [5.41, 5.74) is 5.01. The second kappa shape index (κ2) is 6.34. The number of piperidine rings is 1. The van der Waals surface area contributed by atoms with E-state index in [1.54, 1.807) is 0 Å². The van der Waals surface area contributed by atoms with E-state index in [2.05, 4.69) is 15.5 Å². The van der Waals surface area contributed by atoms with Crippen molar-refractivity contribution in [1.29, 1.82) is 0 Å². The Morgan fingerprint density at radius 3 is 2.63 bits per heavy atom. The number of carbonyl (C=O) groups excluding carboxylic acids is 2. The average molecular weight is 268 g/mol. The first-order valence-corrected chi connectivity index (χ1v) is 7.17. The molecule has 19 heavy (non-hydrogen) atoms. The monoisotopic (exact) mass is 268 g/mol. The molecule has 0 spiro atoms. The first kappa shape index (κ1) is 14.3. The Bertz CT molecular complexity index is 338. The lowest BCUT2D eigenvalue weighted by atomic mass is 10.0. The lowest BCUT2D eigenvalue weighted by Crippen LogP contribution is -2.53. The van der Waals surface area contributed by atoms with E-state index in [1.807, 2.05) is 6.92 Å². The van der Waals surface area contributed by atoms with Crippen LogP contribution in [0, 0.1) is 0 Å². The second-order valence-electron chi connectivity index (χ2n) is 5.60. The summed E-state index contributed by atoms with van der Waals surface area (Å²) in [6, 6.07) is -0.136. The van der Waals surface area contributed by atoms with E-state index in [4.69, 9.17) is 5.73 Å². The fourth-order valence-electron chi connectivity index (χ4n) is 2.74. The minimum atomic E-state index is -0.775. The minimum Gasteiger partial charge on any atom is -0.351 e. The number of carbonyl (C=O) groups is 2. The Balaban J connectivity index is 1.90. The predicted octanol–water partition coefficient (Wildman–Crippen LogP) is 0.176. The molecule has 4 N–H and O–H groups in total. The van der Waals surface area contributed by atoms with Crippen LogP contribution < -0.4 is 16.4 Å². The fourth-order valence-corrected chi connectivity index (χ4v) is 2.74. The van der Waals surface area contributed by atoms with Crippen LogP contribution in [0.4, 0.5) is 4.79 Å². The van der Waals surface area contributed by atoms with Crippen LogP contribution in [0.5, 0.6) is 0 Å². The number of nitrogens with zero attached hydrogens (tertiary/aromatic N) is 1. The molecule has 2 rings (SSSR count). The molecule has 6 heteroatoms. The molecular weight excluding hydrogens is 244 g/mol. The van der Waals surface area contributed by atoms with Gasteiger partial charge in [-0.1, -0.05) is 6.42 Å². The highest BCUT2D eigenvalue weighted by molar-refractivity contribution is 5.96. The first-order chi connectivity index (χ1) is 9.08. The van der Waals surface area contributed by atoms with E-state index >= 15 is 0 Å². The van der Waals surface area contributed by atoms with Crippen LogP contribution in [0.3, 0.4) is 0 Å². The maximum Gasteiger partial charge on any atom is 0.318 e. The summed E-state index contributed by atoms with van der Waals surface area (Å²) in [6.07, 6.45) is 5.92. The normalized spacial score (nSPS) is 25.1. The molecule has 0 radical (unpaired) electrons. The summed E-state index contributed by atoms with van der Waals surface area (Å²) in [5, 5.41) is 5.68. The molecule has 6 nitrogen and oxygen atoms in total. The molecule has 0 aromatic rings. The topological polar surface area (TPSA) is 87.5 Å². The molecule has 1 saturated heterocycles. The third kappa shape index (κ3) is 4.18. The summed E-state index contributed by atoms with van der Waals surface area (Å²) in [7, 11) is 0. The van der Waals surface area contributed by atoms with Crippen molar-refractivity contribution in [1.82, 2.24) is 15.5 Å². The number of rotatable bonds is 5. The van der Waals surface area contributed by atoms with E-state index < -0.39 is 6.03 Å². The van der Waals surface area contributed by atoms with Crippen molar-refractivity contribution in [3.05, 3.63) is 0 Å². The molecule has 2 unspecified atom stereocenters. The molecule has 2 fully saturated rings. The van der Waals surface area contributed by atoms with Gasteiger partial charge in [0.2, 0.25) is 5.91 Å². The van der Waals surface area contributed by atoms with Crippen molar-refractivity contribution in [3.63, 3.8) is 0 Å². The van der Waals surface area contributed by atoms with Crippen molar-refractivity contribution < 1.29 is 9.59 Å². The molecule has 1 aliphatic heterocycles. The third-order valence-corrected chi connectivity index (χ3v) is 3.98. The van der Waals surface area contributed by atoms with Gasteiger partial charge in [-0.25, -0.2) is 4.79 Å². The smallest absolute Gasteiger partial charge is 0.318 e. The quantitative estimate of drug-likeness (QED) is 0.663. The SMILES string of the molecule is CC(C(=O)NC(N)=O)N(CC1CCCCN1)C1CC1. The van der Waals surface area contributed by atoms with Crippen molar-refractivity contribution in [2.45, 2.75) is 57.2 Å². The van der Waals surface area contributed by atoms with Crippen LogP contribution in [0.25, 0.3) is 0 Å². The fraction of sp³-hybridized carbons (Fsp3) is 0.846. The average Bonchev–Trinajstić information content (AvgIpc) is 3.20. The summed E-state index contributed by atoms with van der Waals surface area (Å²) >= 11 is 0.